The molecule has 0 saturated heterocycles. The van der Waals surface area contributed by atoms with Gasteiger partial charge in [-0.1, -0.05) is 35.4 Å². The first-order valence-electron chi connectivity index (χ1n) is 9.29. The fourth-order valence-corrected chi connectivity index (χ4v) is 2.93. The lowest BCUT2D eigenvalue weighted by Gasteiger charge is -2.11. The molecule has 8 heteroatoms. The molecule has 31 heavy (non-hydrogen) atoms. The SMILES string of the molecule is COc1ccc(Cl)cc1C(=O)NNC(=O)c1cccc(NC(=O)c2ccc(C)cc2)c1. The predicted molar refractivity (Wildman–Crippen MR) is 119 cm³/mol. The van der Waals surface area contributed by atoms with Crippen molar-refractivity contribution in [3.8, 4) is 5.75 Å². The molecule has 3 rings (SSSR count). The van der Waals surface area contributed by atoms with Crippen LogP contribution in [0.5, 0.6) is 5.75 Å². The standard InChI is InChI=1S/C23H20ClN3O4/c1-14-6-8-15(9-7-14)21(28)25-18-5-3-4-16(12-18)22(29)26-27-23(30)19-13-17(24)10-11-20(19)31-2/h3-13H,1-2H3,(H,25,28)(H,26,29)(H,27,30). The summed E-state index contributed by atoms with van der Waals surface area (Å²) in [5.41, 5.74) is 7.09. The van der Waals surface area contributed by atoms with Crippen molar-refractivity contribution < 1.29 is 19.1 Å². The second kappa shape index (κ2) is 9.77. The van der Waals surface area contributed by atoms with E-state index in [0.717, 1.165) is 5.56 Å². The Morgan fingerprint density at radius 2 is 1.52 bits per heavy atom. The average molecular weight is 438 g/mol. The molecule has 3 aromatic rings. The van der Waals surface area contributed by atoms with Gasteiger partial charge in [-0.05, 0) is 55.5 Å². The van der Waals surface area contributed by atoms with Gasteiger partial charge < -0.3 is 10.1 Å². The number of hydrazine groups is 1. The van der Waals surface area contributed by atoms with E-state index in [0.29, 0.717) is 22.0 Å². The molecule has 3 amide bonds. The first kappa shape index (κ1) is 21.9. The van der Waals surface area contributed by atoms with E-state index < -0.39 is 11.8 Å². The van der Waals surface area contributed by atoms with Gasteiger partial charge in [0.2, 0.25) is 0 Å². The number of aryl methyl sites for hydroxylation is 1. The molecule has 0 saturated carbocycles. The largest absolute Gasteiger partial charge is 0.496 e. The minimum absolute atomic E-state index is 0.175. The Labute approximate surface area is 184 Å². The molecule has 0 atom stereocenters. The minimum Gasteiger partial charge on any atom is -0.496 e. The zero-order valence-electron chi connectivity index (χ0n) is 16.9. The topological polar surface area (TPSA) is 96.5 Å². The number of hydrogen-bond acceptors (Lipinski definition) is 4. The van der Waals surface area contributed by atoms with Crippen molar-refractivity contribution in [2.24, 2.45) is 0 Å². The zero-order chi connectivity index (χ0) is 22.4. The molecular formula is C23H20ClN3O4. The summed E-state index contributed by atoms with van der Waals surface area (Å²) in [5.74, 6) is -1.12. The van der Waals surface area contributed by atoms with Crippen molar-refractivity contribution in [1.29, 1.82) is 0 Å². The smallest absolute Gasteiger partial charge is 0.273 e. The van der Waals surface area contributed by atoms with E-state index in [1.807, 2.05) is 19.1 Å². The molecule has 0 aliphatic carbocycles. The number of carbonyl (C=O) groups is 3. The Balaban J connectivity index is 1.65. The number of methoxy groups -OCH3 is 1. The number of ether oxygens (including phenoxy) is 1. The number of hydrogen-bond donors (Lipinski definition) is 3. The zero-order valence-corrected chi connectivity index (χ0v) is 17.6. The molecule has 7 nitrogen and oxygen atoms in total. The highest BCUT2D eigenvalue weighted by Crippen LogP contribution is 2.22. The number of anilines is 1. The summed E-state index contributed by atoms with van der Waals surface area (Å²) in [7, 11) is 1.43. The highest BCUT2D eigenvalue weighted by atomic mass is 35.5. The van der Waals surface area contributed by atoms with Crippen LogP contribution in [-0.4, -0.2) is 24.8 Å². The van der Waals surface area contributed by atoms with Crippen LogP contribution in [0.4, 0.5) is 5.69 Å². The Kier molecular flexibility index (Phi) is 6.89. The van der Waals surface area contributed by atoms with Crippen LogP contribution in [0.3, 0.4) is 0 Å². The van der Waals surface area contributed by atoms with E-state index in [2.05, 4.69) is 16.2 Å². The van der Waals surface area contributed by atoms with Gasteiger partial charge in [-0.25, -0.2) is 0 Å². The number of benzene rings is 3. The molecule has 0 aliphatic rings. The fraction of sp³-hybridized carbons (Fsp3) is 0.0870. The molecule has 3 N–H and O–H groups in total. The van der Waals surface area contributed by atoms with E-state index in [1.165, 1.54) is 19.2 Å². The number of rotatable bonds is 5. The number of nitrogens with one attached hydrogen (secondary N) is 3. The maximum Gasteiger partial charge on any atom is 0.273 e. The van der Waals surface area contributed by atoms with Crippen LogP contribution in [0, 0.1) is 6.92 Å². The second-order valence-corrected chi connectivity index (χ2v) is 7.09. The van der Waals surface area contributed by atoms with Crippen molar-refractivity contribution in [2.75, 3.05) is 12.4 Å². The van der Waals surface area contributed by atoms with Gasteiger partial charge in [0, 0.05) is 21.8 Å². The third kappa shape index (κ3) is 5.61. The number of amides is 3. The molecular weight excluding hydrogens is 418 g/mol. The van der Waals surface area contributed by atoms with Crippen molar-refractivity contribution >= 4 is 35.0 Å². The molecule has 0 radical (unpaired) electrons. The summed E-state index contributed by atoms with van der Waals surface area (Å²) in [4.78, 5) is 37.2. The molecule has 158 valence electrons. The Bertz CT molecular complexity index is 1130. The molecule has 0 spiro atoms. The lowest BCUT2D eigenvalue weighted by atomic mass is 10.1. The van der Waals surface area contributed by atoms with E-state index in [9.17, 15) is 14.4 Å². The van der Waals surface area contributed by atoms with E-state index in [1.54, 1.807) is 42.5 Å². The van der Waals surface area contributed by atoms with Crippen molar-refractivity contribution in [3.05, 3.63) is 94.0 Å². The van der Waals surface area contributed by atoms with Gasteiger partial charge in [-0.2, -0.15) is 0 Å². The van der Waals surface area contributed by atoms with Gasteiger partial charge in [0.05, 0.1) is 12.7 Å². The predicted octanol–water partition coefficient (Wildman–Crippen LogP) is 3.98. The first-order chi connectivity index (χ1) is 14.9. The van der Waals surface area contributed by atoms with Crippen LogP contribution in [-0.2, 0) is 0 Å². The van der Waals surface area contributed by atoms with Gasteiger partial charge in [-0.3, -0.25) is 25.2 Å². The molecule has 0 heterocycles. The normalized spacial score (nSPS) is 10.2. The summed E-state index contributed by atoms with van der Waals surface area (Å²) < 4.78 is 5.14. The Morgan fingerprint density at radius 3 is 2.23 bits per heavy atom. The maximum absolute atomic E-state index is 12.5. The Hall–Kier alpha value is -3.84. The molecule has 0 aromatic heterocycles. The molecule has 0 unspecified atom stereocenters. The number of halogens is 1. The van der Waals surface area contributed by atoms with Crippen LogP contribution in [0.1, 0.15) is 36.6 Å². The summed E-state index contributed by atoms with van der Waals surface area (Å²) in [6.45, 7) is 1.94. The summed E-state index contributed by atoms with van der Waals surface area (Å²) in [6, 6.07) is 18.1. The lowest BCUT2D eigenvalue weighted by molar-refractivity contribution is 0.0845. The van der Waals surface area contributed by atoms with Crippen molar-refractivity contribution in [1.82, 2.24) is 10.9 Å². The van der Waals surface area contributed by atoms with E-state index in [4.69, 9.17) is 16.3 Å². The fourth-order valence-electron chi connectivity index (χ4n) is 2.76. The third-order valence-electron chi connectivity index (χ3n) is 4.39. The van der Waals surface area contributed by atoms with Gasteiger partial charge in [0.1, 0.15) is 5.75 Å². The van der Waals surface area contributed by atoms with E-state index >= 15 is 0 Å². The third-order valence-corrected chi connectivity index (χ3v) is 4.63. The van der Waals surface area contributed by atoms with Crippen LogP contribution >= 0.6 is 11.6 Å². The quantitative estimate of drug-likeness (QED) is 0.526. The first-order valence-corrected chi connectivity index (χ1v) is 9.67. The molecule has 0 bridgehead atoms. The lowest BCUT2D eigenvalue weighted by Crippen LogP contribution is -2.41. The van der Waals surface area contributed by atoms with Crippen LogP contribution in [0.25, 0.3) is 0 Å². The summed E-state index contributed by atoms with van der Waals surface area (Å²) >= 11 is 5.93. The van der Waals surface area contributed by atoms with Crippen LogP contribution in [0.2, 0.25) is 5.02 Å². The van der Waals surface area contributed by atoms with Gasteiger partial charge in [-0.15, -0.1) is 0 Å². The van der Waals surface area contributed by atoms with Crippen molar-refractivity contribution in [3.63, 3.8) is 0 Å². The highest BCUT2D eigenvalue weighted by molar-refractivity contribution is 6.31. The highest BCUT2D eigenvalue weighted by Gasteiger charge is 2.15. The van der Waals surface area contributed by atoms with Crippen LogP contribution < -0.4 is 20.9 Å². The monoisotopic (exact) mass is 437 g/mol. The summed E-state index contributed by atoms with van der Waals surface area (Å²) in [6.07, 6.45) is 0. The van der Waals surface area contributed by atoms with Gasteiger partial charge in [0.15, 0.2) is 0 Å². The summed E-state index contributed by atoms with van der Waals surface area (Å²) in [5, 5.41) is 3.10. The average Bonchev–Trinajstić information content (AvgIpc) is 2.77. The van der Waals surface area contributed by atoms with E-state index in [-0.39, 0.29) is 17.0 Å². The van der Waals surface area contributed by atoms with Crippen LogP contribution in [0.15, 0.2) is 66.7 Å². The maximum atomic E-state index is 12.5. The molecule has 0 fully saturated rings. The minimum atomic E-state index is -0.587. The Morgan fingerprint density at radius 1 is 0.806 bits per heavy atom. The number of carbonyl (C=O) groups excluding carboxylic acids is 3. The molecule has 0 aliphatic heterocycles. The second-order valence-electron chi connectivity index (χ2n) is 6.65. The van der Waals surface area contributed by atoms with Gasteiger partial charge in [0.25, 0.3) is 17.7 Å². The van der Waals surface area contributed by atoms with Gasteiger partial charge >= 0.3 is 0 Å². The van der Waals surface area contributed by atoms with Crippen molar-refractivity contribution in [2.45, 2.75) is 6.92 Å². The molecule has 3 aromatic carbocycles.